The molecule has 0 saturated heterocycles. The Kier molecular flexibility index (Phi) is 3.02. The molecule has 2 heterocycles. The molecule has 0 spiro atoms. The van der Waals surface area contributed by atoms with Crippen LogP contribution in [0.2, 0.25) is 0 Å². The molecular formula is C14H11FN4O2. The monoisotopic (exact) mass is 286 g/mol. The molecule has 2 aromatic heterocycles. The molecule has 0 fully saturated rings. The van der Waals surface area contributed by atoms with E-state index in [-0.39, 0.29) is 12.2 Å². The average Bonchev–Trinajstić information content (AvgIpc) is 2.78. The van der Waals surface area contributed by atoms with Gasteiger partial charge < -0.3 is 0 Å². The first-order valence-corrected chi connectivity index (χ1v) is 6.19. The maximum Gasteiger partial charge on any atom is 0.350 e. The van der Waals surface area contributed by atoms with E-state index in [4.69, 9.17) is 0 Å². The SMILES string of the molecule is C=CCn1nc2c(=O)n(-c3cccc(F)c3)ccn2c1=O. The standard InChI is InChI=1S/C14H11FN4O2/c1-2-6-19-14(21)18-8-7-17(13(20)12(18)16-19)11-5-3-4-10(15)9-11/h2-5,7-9H,1,6H2. The quantitative estimate of drug-likeness (QED) is 0.674. The molecule has 7 heteroatoms. The maximum absolute atomic E-state index is 13.3. The molecular weight excluding hydrogens is 275 g/mol. The number of rotatable bonds is 3. The van der Waals surface area contributed by atoms with Gasteiger partial charge in [-0.05, 0) is 18.2 Å². The summed E-state index contributed by atoms with van der Waals surface area (Å²) in [6.45, 7) is 3.74. The molecule has 0 bridgehead atoms. The minimum absolute atomic E-state index is 0.0198. The van der Waals surface area contributed by atoms with Gasteiger partial charge in [-0.15, -0.1) is 11.7 Å². The summed E-state index contributed by atoms with van der Waals surface area (Å²) in [5, 5.41) is 3.98. The van der Waals surface area contributed by atoms with Crippen LogP contribution in [0.5, 0.6) is 0 Å². The van der Waals surface area contributed by atoms with Crippen LogP contribution in [-0.2, 0) is 6.54 Å². The predicted molar refractivity (Wildman–Crippen MR) is 75.2 cm³/mol. The molecule has 0 unspecified atom stereocenters. The normalized spacial score (nSPS) is 10.9. The van der Waals surface area contributed by atoms with Crippen LogP contribution < -0.4 is 11.2 Å². The van der Waals surface area contributed by atoms with Crippen LogP contribution >= 0.6 is 0 Å². The molecule has 0 aliphatic heterocycles. The highest BCUT2D eigenvalue weighted by Crippen LogP contribution is 2.07. The molecule has 3 aromatic rings. The predicted octanol–water partition coefficient (Wildman–Crippen LogP) is 0.972. The number of allylic oxidation sites excluding steroid dienone is 1. The minimum Gasteiger partial charge on any atom is -0.279 e. The smallest absolute Gasteiger partial charge is 0.279 e. The van der Waals surface area contributed by atoms with Gasteiger partial charge in [0.25, 0.3) is 0 Å². The van der Waals surface area contributed by atoms with Crippen molar-refractivity contribution in [1.82, 2.24) is 18.7 Å². The van der Waals surface area contributed by atoms with Crippen LogP contribution in [0.3, 0.4) is 0 Å². The summed E-state index contributed by atoms with van der Waals surface area (Å²) >= 11 is 0. The Balaban J connectivity index is 2.28. The number of fused-ring (bicyclic) bond motifs is 1. The lowest BCUT2D eigenvalue weighted by Gasteiger charge is -2.04. The van der Waals surface area contributed by atoms with E-state index in [1.54, 1.807) is 6.07 Å². The molecule has 21 heavy (non-hydrogen) atoms. The van der Waals surface area contributed by atoms with Gasteiger partial charge in [0.2, 0.25) is 5.65 Å². The van der Waals surface area contributed by atoms with Crippen molar-refractivity contribution >= 4 is 5.65 Å². The highest BCUT2D eigenvalue weighted by Gasteiger charge is 2.12. The van der Waals surface area contributed by atoms with E-state index in [2.05, 4.69) is 11.7 Å². The largest absolute Gasteiger partial charge is 0.350 e. The number of benzene rings is 1. The number of halogens is 1. The molecule has 0 atom stereocenters. The van der Waals surface area contributed by atoms with Crippen molar-refractivity contribution in [2.45, 2.75) is 6.54 Å². The molecule has 6 nitrogen and oxygen atoms in total. The third-order valence-electron chi connectivity index (χ3n) is 3.03. The van der Waals surface area contributed by atoms with Crippen molar-refractivity contribution in [3.63, 3.8) is 0 Å². The minimum atomic E-state index is -0.497. The number of hydrogen-bond acceptors (Lipinski definition) is 3. The van der Waals surface area contributed by atoms with Crippen molar-refractivity contribution in [3.8, 4) is 5.69 Å². The van der Waals surface area contributed by atoms with Crippen LogP contribution in [0.25, 0.3) is 11.3 Å². The van der Waals surface area contributed by atoms with Gasteiger partial charge in [-0.1, -0.05) is 12.1 Å². The van der Waals surface area contributed by atoms with Crippen LogP contribution in [0.15, 0.2) is 58.9 Å². The summed E-state index contributed by atoms with van der Waals surface area (Å²) in [6, 6.07) is 5.62. The van der Waals surface area contributed by atoms with Crippen LogP contribution in [0.1, 0.15) is 0 Å². The Bertz CT molecular complexity index is 951. The first kappa shape index (κ1) is 13.0. The maximum atomic E-state index is 13.3. The molecule has 0 amide bonds. The topological polar surface area (TPSA) is 61.3 Å². The summed E-state index contributed by atoms with van der Waals surface area (Å²) in [6.07, 6.45) is 4.35. The van der Waals surface area contributed by atoms with Crippen molar-refractivity contribution in [3.05, 3.63) is 76.0 Å². The highest BCUT2D eigenvalue weighted by atomic mass is 19.1. The fraction of sp³-hybridized carbons (Fsp3) is 0.0714. The van der Waals surface area contributed by atoms with E-state index in [1.807, 2.05) is 0 Å². The summed E-state index contributed by atoms with van der Waals surface area (Å²) < 4.78 is 16.8. The molecule has 3 rings (SSSR count). The second kappa shape index (κ2) is 4.86. The first-order valence-electron chi connectivity index (χ1n) is 6.19. The van der Waals surface area contributed by atoms with E-state index in [0.717, 1.165) is 9.08 Å². The lowest BCUT2D eigenvalue weighted by atomic mass is 10.3. The second-order valence-corrected chi connectivity index (χ2v) is 4.40. The number of nitrogens with zero attached hydrogens (tertiary/aromatic N) is 4. The van der Waals surface area contributed by atoms with E-state index >= 15 is 0 Å². The van der Waals surface area contributed by atoms with Gasteiger partial charge in [0.15, 0.2) is 0 Å². The summed E-state index contributed by atoms with van der Waals surface area (Å²) in [4.78, 5) is 24.4. The summed E-state index contributed by atoms with van der Waals surface area (Å²) in [5.41, 5.74) is -0.571. The van der Waals surface area contributed by atoms with E-state index in [0.29, 0.717) is 5.69 Å². The van der Waals surface area contributed by atoms with Crippen LogP contribution in [0.4, 0.5) is 4.39 Å². The van der Waals surface area contributed by atoms with Crippen LogP contribution in [0, 0.1) is 5.82 Å². The third-order valence-corrected chi connectivity index (χ3v) is 3.03. The van der Waals surface area contributed by atoms with Crippen LogP contribution in [-0.4, -0.2) is 18.7 Å². The fourth-order valence-electron chi connectivity index (χ4n) is 2.08. The van der Waals surface area contributed by atoms with Gasteiger partial charge in [-0.3, -0.25) is 9.36 Å². The second-order valence-electron chi connectivity index (χ2n) is 4.40. The Morgan fingerprint density at radius 2 is 2.10 bits per heavy atom. The molecule has 1 aromatic carbocycles. The van der Waals surface area contributed by atoms with E-state index in [9.17, 15) is 14.0 Å². The summed E-state index contributed by atoms with van der Waals surface area (Å²) in [5.74, 6) is -0.450. The third kappa shape index (κ3) is 2.08. The Morgan fingerprint density at radius 3 is 2.81 bits per heavy atom. The van der Waals surface area contributed by atoms with E-state index < -0.39 is 17.1 Å². The number of aromatic nitrogens is 4. The molecule has 0 saturated carbocycles. The Hall–Kier alpha value is -2.96. The molecule has 0 N–H and O–H groups in total. The molecule has 0 radical (unpaired) electrons. The lowest BCUT2D eigenvalue weighted by molar-refractivity contribution is 0.626. The average molecular weight is 286 g/mol. The zero-order chi connectivity index (χ0) is 15.0. The number of hydrogen-bond donors (Lipinski definition) is 0. The zero-order valence-corrected chi connectivity index (χ0v) is 10.9. The molecule has 0 aliphatic rings. The van der Waals surface area contributed by atoms with Gasteiger partial charge in [-0.25, -0.2) is 18.3 Å². The fourth-order valence-corrected chi connectivity index (χ4v) is 2.08. The van der Waals surface area contributed by atoms with Gasteiger partial charge in [0, 0.05) is 12.4 Å². The zero-order valence-electron chi connectivity index (χ0n) is 10.9. The van der Waals surface area contributed by atoms with Gasteiger partial charge in [0.1, 0.15) is 5.82 Å². The highest BCUT2D eigenvalue weighted by molar-refractivity contribution is 5.39. The van der Waals surface area contributed by atoms with Crippen molar-refractivity contribution in [1.29, 1.82) is 0 Å². The van der Waals surface area contributed by atoms with Gasteiger partial charge in [-0.2, -0.15) is 0 Å². The first-order chi connectivity index (χ1) is 10.1. The van der Waals surface area contributed by atoms with Gasteiger partial charge in [0.05, 0.1) is 12.2 Å². The van der Waals surface area contributed by atoms with Crippen molar-refractivity contribution in [2.24, 2.45) is 0 Å². The van der Waals surface area contributed by atoms with Gasteiger partial charge >= 0.3 is 11.2 Å². The van der Waals surface area contributed by atoms with Crippen molar-refractivity contribution in [2.75, 3.05) is 0 Å². The van der Waals surface area contributed by atoms with Crippen molar-refractivity contribution < 1.29 is 4.39 Å². The van der Waals surface area contributed by atoms with E-state index in [1.165, 1.54) is 41.2 Å². The molecule has 106 valence electrons. The lowest BCUT2D eigenvalue weighted by Crippen LogP contribution is -2.24. The Morgan fingerprint density at radius 1 is 1.29 bits per heavy atom. The molecule has 0 aliphatic carbocycles. The Labute approximate surface area is 118 Å². The summed E-state index contributed by atoms with van der Waals surface area (Å²) in [7, 11) is 0.